The average molecular weight is 281 g/mol. The van der Waals surface area contributed by atoms with Gasteiger partial charge in [0.15, 0.2) is 10.4 Å². The highest BCUT2D eigenvalue weighted by atomic mass is 79.9. The second kappa shape index (κ2) is 3.77. The fraction of sp³-hybridized carbons (Fsp3) is 0.417. The van der Waals surface area contributed by atoms with E-state index in [4.69, 9.17) is 4.42 Å². The third-order valence-corrected chi connectivity index (χ3v) is 3.48. The molecule has 84 valence electrons. The number of aromatic nitrogens is 2. The fourth-order valence-corrected chi connectivity index (χ4v) is 2.49. The fourth-order valence-electron chi connectivity index (χ4n) is 2.19. The first-order chi connectivity index (χ1) is 7.72. The minimum absolute atomic E-state index is 0.748. The predicted octanol–water partition coefficient (Wildman–Crippen LogP) is 3.49. The Morgan fingerprint density at radius 3 is 3.12 bits per heavy atom. The van der Waals surface area contributed by atoms with Crippen molar-refractivity contribution < 1.29 is 4.42 Å². The lowest BCUT2D eigenvalue weighted by Gasteiger charge is -2.19. The van der Waals surface area contributed by atoms with Crippen LogP contribution in [0.15, 0.2) is 27.4 Å². The summed E-state index contributed by atoms with van der Waals surface area (Å²) in [6.45, 7) is 3.36. The summed E-state index contributed by atoms with van der Waals surface area (Å²) in [5.41, 5.74) is 0.940. The molecule has 0 saturated heterocycles. The van der Waals surface area contributed by atoms with E-state index in [0.717, 1.165) is 35.0 Å². The van der Waals surface area contributed by atoms with Gasteiger partial charge in [-0.15, -0.1) is 0 Å². The van der Waals surface area contributed by atoms with Crippen molar-refractivity contribution in [3.05, 3.63) is 28.8 Å². The van der Waals surface area contributed by atoms with E-state index in [0.29, 0.717) is 0 Å². The highest BCUT2D eigenvalue weighted by Crippen LogP contribution is 2.27. The number of aryl methyl sites for hydroxylation is 1. The van der Waals surface area contributed by atoms with Gasteiger partial charge in [-0.2, -0.15) is 0 Å². The summed E-state index contributed by atoms with van der Waals surface area (Å²) >= 11 is 3.31. The molecule has 3 nitrogen and oxygen atoms in total. The van der Waals surface area contributed by atoms with Gasteiger partial charge in [-0.1, -0.05) is 6.92 Å². The lowest BCUT2D eigenvalue weighted by molar-refractivity contribution is 0.394. The summed E-state index contributed by atoms with van der Waals surface area (Å²) in [6.07, 6.45) is 4.40. The van der Waals surface area contributed by atoms with Crippen molar-refractivity contribution in [2.24, 2.45) is 5.92 Å². The number of halogens is 1. The van der Waals surface area contributed by atoms with E-state index in [1.54, 1.807) is 0 Å². The minimum Gasteiger partial charge on any atom is -0.448 e. The monoisotopic (exact) mass is 280 g/mol. The number of imidazole rings is 1. The number of rotatable bonds is 1. The van der Waals surface area contributed by atoms with Crippen LogP contribution in [0.5, 0.6) is 0 Å². The number of furan rings is 1. The van der Waals surface area contributed by atoms with E-state index in [-0.39, 0.29) is 0 Å². The molecule has 1 atom stereocenters. The number of nitrogens with zero attached hydrogens (tertiary/aromatic N) is 2. The standard InChI is InChI=1S/C12H13BrN2O/c1-8-2-5-12-14-9(7-15(12)6-8)10-3-4-11(13)16-10/h3-4,7-8H,2,5-6H2,1H3. The number of fused-ring (bicyclic) bond motifs is 1. The molecule has 0 radical (unpaired) electrons. The summed E-state index contributed by atoms with van der Waals surface area (Å²) in [6, 6.07) is 3.85. The molecule has 0 N–H and O–H groups in total. The van der Waals surface area contributed by atoms with Crippen LogP contribution in [0.3, 0.4) is 0 Å². The Morgan fingerprint density at radius 2 is 2.38 bits per heavy atom. The van der Waals surface area contributed by atoms with Gasteiger partial charge in [0, 0.05) is 19.2 Å². The van der Waals surface area contributed by atoms with Gasteiger partial charge < -0.3 is 8.98 Å². The van der Waals surface area contributed by atoms with Crippen molar-refractivity contribution in [3.8, 4) is 11.5 Å². The van der Waals surface area contributed by atoms with Gasteiger partial charge >= 0.3 is 0 Å². The van der Waals surface area contributed by atoms with Crippen LogP contribution in [0.25, 0.3) is 11.5 Å². The second-order valence-corrected chi connectivity index (χ2v) is 5.22. The Hall–Kier alpha value is -1.03. The summed E-state index contributed by atoms with van der Waals surface area (Å²) in [4.78, 5) is 4.62. The van der Waals surface area contributed by atoms with E-state index in [1.165, 1.54) is 12.2 Å². The van der Waals surface area contributed by atoms with Crippen molar-refractivity contribution in [1.29, 1.82) is 0 Å². The third kappa shape index (κ3) is 1.71. The molecule has 2 aromatic rings. The lowest BCUT2D eigenvalue weighted by Crippen LogP contribution is -2.17. The first kappa shape index (κ1) is 10.1. The van der Waals surface area contributed by atoms with Gasteiger partial charge in [0.25, 0.3) is 0 Å². The molecule has 1 aliphatic heterocycles. The van der Waals surface area contributed by atoms with Crippen molar-refractivity contribution >= 4 is 15.9 Å². The van der Waals surface area contributed by atoms with Crippen LogP contribution in [0, 0.1) is 5.92 Å². The molecule has 0 saturated carbocycles. The van der Waals surface area contributed by atoms with Gasteiger partial charge in [0.1, 0.15) is 11.5 Å². The van der Waals surface area contributed by atoms with Crippen LogP contribution >= 0.6 is 15.9 Å². The maximum absolute atomic E-state index is 5.51. The molecule has 1 aliphatic rings. The first-order valence-electron chi connectivity index (χ1n) is 5.54. The summed E-state index contributed by atoms with van der Waals surface area (Å²) in [7, 11) is 0. The largest absolute Gasteiger partial charge is 0.448 e. The molecule has 0 fully saturated rings. The van der Waals surface area contributed by atoms with Crippen LogP contribution in [0.4, 0.5) is 0 Å². The zero-order valence-electron chi connectivity index (χ0n) is 9.11. The van der Waals surface area contributed by atoms with E-state index in [2.05, 4.69) is 38.6 Å². The molecule has 0 amide bonds. The first-order valence-corrected chi connectivity index (χ1v) is 6.33. The predicted molar refractivity (Wildman–Crippen MR) is 65.1 cm³/mol. The quantitative estimate of drug-likeness (QED) is 0.801. The van der Waals surface area contributed by atoms with Gasteiger partial charge in [0.2, 0.25) is 0 Å². The normalized spacial score (nSPS) is 19.8. The van der Waals surface area contributed by atoms with Gasteiger partial charge in [-0.25, -0.2) is 4.98 Å². The third-order valence-electron chi connectivity index (χ3n) is 3.05. The molecule has 0 aliphatic carbocycles. The Kier molecular flexibility index (Phi) is 2.39. The number of hydrogen-bond acceptors (Lipinski definition) is 2. The summed E-state index contributed by atoms with van der Waals surface area (Å²) in [5, 5.41) is 0. The van der Waals surface area contributed by atoms with E-state index in [1.807, 2.05) is 12.1 Å². The highest BCUT2D eigenvalue weighted by Gasteiger charge is 2.18. The Morgan fingerprint density at radius 1 is 1.50 bits per heavy atom. The molecular formula is C12H13BrN2O. The summed E-state index contributed by atoms with van der Waals surface area (Å²) in [5.74, 6) is 2.76. The molecule has 0 bridgehead atoms. The van der Waals surface area contributed by atoms with Crippen molar-refractivity contribution in [2.75, 3.05) is 0 Å². The maximum atomic E-state index is 5.51. The Labute approximate surface area is 103 Å². The van der Waals surface area contributed by atoms with E-state index in [9.17, 15) is 0 Å². The SMILES string of the molecule is CC1CCc2nc(-c3ccc(Br)o3)cn2C1. The molecule has 0 aromatic carbocycles. The van der Waals surface area contributed by atoms with E-state index >= 15 is 0 Å². The van der Waals surface area contributed by atoms with Crippen LogP contribution in [-0.2, 0) is 13.0 Å². The molecule has 1 unspecified atom stereocenters. The topological polar surface area (TPSA) is 31.0 Å². The van der Waals surface area contributed by atoms with Gasteiger partial charge in [-0.05, 0) is 40.4 Å². The van der Waals surface area contributed by atoms with Gasteiger partial charge in [-0.3, -0.25) is 0 Å². The van der Waals surface area contributed by atoms with Crippen LogP contribution in [0.1, 0.15) is 19.2 Å². The summed E-state index contributed by atoms with van der Waals surface area (Å²) < 4.78 is 8.52. The molecule has 4 heteroatoms. The zero-order chi connectivity index (χ0) is 11.1. The van der Waals surface area contributed by atoms with Gasteiger partial charge in [0.05, 0.1) is 0 Å². The highest BCUT2D eigenvalue weighted by molar-refractivity contribution is 9.10. The van der Waals surface area contributed by atoms with Crippen LogP contribution < -0.4 is 0 Å². The molecule has 3 heterocycles. The number of hydrogen-bond donors (Lipinski definition) is 0. The zero-order valence-corrected chi connectivity index (χ0v) is 10.7. The maximum Gasteiger partial charge on any atom is 0.169 e. The molecule has 0 spiro atoms. The molecule has 3 rings (SSSR count). The lowest BCUT2D eigenvalue weighted by atomic mass is 10.0. The minimum atomic E-state index is 0.748. The molecular weight excluding hydrogens is 268 g/mol. The van der Waals surface area contributed by atoms with E-state index < -0.39 is 0 Å². The average Bonchev–Trinajstić information content (AvgIpc) is 2.83. The molecule has 16 heavy (non-hydrogen) atoms. The second-order valence-electron chi connectivity index (χ2n) is 4.44. The Balaban J connectivity index is 1.98. The Bertz CT molecular complexity index is 515. The smallest absolute Gasteiger partial charge is 0.169 e. The van der Waals surface area contributed by atoms with Crippen molar-refractivity contribution in [1.82, 2.24) is 9.55 Å². The van der Waals surface area contributed by atoms with Crippen molar-refractivity contribution in [2.45, 2.75) is 26.3 Å². The van der Waals surface area contributed by atoms with Crippen molar-refractivity contribution in [3.63, 3.8) is 0 Å². The van der Waals surface area contributed by atoms with Crippen LogP contribution in [0.2, 0.25) is 0 Å². The molecule has 2 aromatic heterocycles. The van der Waals surface area contributed by atoms with Crippen LogP contribution in [-0.4, -0.2) is 9.55 Å².